The van der Waals surface area contributed by atoms with Gasteiger partial charge >= 0.3 is 0 Å². The number of imidazole rings is 1. The van der Waals surface area contributed by atoms with E-state index in [1.165, 1.54) is 4.31 Å². The van der Waals surface area contributed by atoms with Gasteiger partial charge in [0, 0.05) is 38.7 Å². The van der Waals surface area contributed by atoms with Gasteiger partial charge in [0.2, 0.25) is 10.0 Å². The van der Waals surface area contributed by atoms with Crippen molar-refractivity contribution in [3.8, 4) is 0 Å². The molecule has 2 atom stereocenters. The Kier molecular flexibility index (Phi) is 7.67. The lowest BCUT2D eigenvalue weighted by Crippen LogP contribution is -2.41. The lowest BCUT2D eigenvalue weighted by atomic mass is 10.0. The summed E-state index contributed by atoms with van der Waals surface area (Å²) in [5, 5.41) is 0. The zero-order valence-electron chi connectivity index (χ0n) is 20.3. The van der Waals surface area contributed by atoms with Crippen LogP contribution in [0.1, 0.15) is 50.2 Å². The topological polar surface area (TPSA) is 97.4 Å². The molecule has 1 fully saturated rings. The number of rotatable bonds is 10. The van der Waals surface area contributed by atoms with Crippen LogP contribution in [0.3, 0.4) is 0 Å². The molecule has 1 aromatic carbocycles. The fourth-order valence-electron chi connectivity index (χ4n) is 4.34. The van der Waals surface area contributed by atoms with Gasteiger partial charge in [0.1, 0.15) is 11.3 Å². The van der Waals surface area contributed by atoms with Gasteiger partial charge in [-0.05, 0) is 49.4 Å². The van der Waals surface area contributed by atoms with Crippen LogP contribution in [0, 0.1) is 12.8 Å². The van der Waals surface area contributed by atoms with Gasteiger partial charge in [-0.15, -0.1) is 0 Å². The molecule has 1 aliphatic heterocycles. The molecular weight excluding hydrogens is 452 g/mol. The number of nitrogens with zero attached hydrogens (tertiary/aromatic N) is 3. The molecule has 2 aromatic heterocycles. The fourth-order valence-corrected chi connectivity index (χ4v) is 5.69. The number of ether oxygens (including phenoxy) is 2. The molecule has 0 amide bonds. The molecule has 1 saturated heterocycles. The number of H-pyrrole nitrogens is 1. The summed E-state index contributed by atoms with van der Waals surface area (Å²) in [7, 11) is -2.03. The number of hydrogen-bond donors (Lipinski definition) is 1. The maximum Gasteiger partial charge on any atom is 0.243 e. The largest absolute Gasteiger partial charge is 0.353 e. The molecule has 34 heavy (non-hydrogen) atoms. The Labute approximate surface area is 201 Å². The van der Waals surface area contributed by atoms with E-state index in [1.54, 1.807) is 25.4 Å². The number of sulfonamides is 1. The predicted molar refractivity (Wildman–Crippen MR) is 131 cm³/mol. The van der Waals surface area contributed by atoms with Crippen molar-refractivity contribution in [1.29, 1.82) is 0 Å². The highest BCUT2D eigenvalue weighted by Gasteiger charge is 2.30. The standard InChI is InChI=1S/C25H34N4O4S/c1-17(2)14-20(16-33-24-6-5-13-32-24)29(4)34(30,31)21-9-7-19(8-10-21)15-23-25-22(11-12-26-23)27-18(3)28-25/h7-12,17,20,24H,5-6,13-16H2,1-4H3,(H,27,28)/t20-,24?/m0/s1. The molecule has 1 N–H and O–H groups in total. The average Bonchev–Trinajstić information content (AvgIpc) is 3.45. The molecule has 1 unspecified atom stereocenters. The number of likely N-dealkylation sites (N-methyl/N-ethyl adjacent to an activating group) is 1. The maximum atomic E-state index is 13.4. The Hall–Kier alpha value is -2.33. The first kappa shape index (κ1) is 24.8. The molecule has 3 heterocycles. The van der Waals surface area contributed by atoms with Crippen molar-refractivity contribution < 1.29 is 17.9 Å². The summed E-state index contributed by atoms with van der Waals surface area (Å²) in [6, 6.07) is 8.68. The minimum Gasteiger partial charge on any atom is -0.353 e. The summed E-state index contributed by atoms with van der Waals surface area (Å²) in [6.45, 7) is 7.10. The van der Waals surface area contributed by atoms with E-state index in [0.717, 1.165) is 41.0 Å². The summed E-state index contributed by atoms with van der Waals surface area (Å²) in [5.74, 6) is 1.17. The Bertz CT molecular complexity index is 1200. The van der Waals surface area contributed by atoms with Crippen molar-refractivity contribution in [2.45, 2.75) is 63.7 Å². The van der Waals surface area contributed by atoms with Crippen LogP contribution in [-0.4, -0.2) is 60.3 Å². The molecule has 0 radical (unpaired) electrons. The zero-order valence-corrected chi connectivity index (χ0v) is 21.1. The molecular formula is C25H34N4O4S. The molecule has 0 aliphatic carbocycles. The second-order valence-electron chi connectivity index (χ2n) is 9.38. The smallest absolute Gasteiger partial charge is 0.243 e. The molecule has 0 spiro atoms. The average molecular weight is 487 g/mol. The number of fused-ring (bicyclic) bond motifs is 1. The third kappa shape index (κ3) is 5.66. The SMILES string of the molecule is Cc1nc2c(Cc3ccc(S(=O)(=O)N(C)[C@H](COC4CCCO4)CC(C)C)cc3)nccc2[nH]1. The van der Waals surface area contributed by atoms with Crippen LogP contribution in [0.5, 0.6) is 0 Å². The van der Waals surface area contributed by atoms with Crippen molar-refractivity contribution in [2.75, 3.05) is 20.3 Å². The predicted octanol–water partition coefficient (Wildman–Crippen LogP) is 4.05. The quantitative estimate of drug-likeness (QED) is 0.464. The molecule has 0 bridgehead atoms. The molecule has 8 nitrogen and oxygen atoms in total. The molecule has 4 rings (SSSR count). The van der Waals surface area contributed by atoms with Crippen LogP contribution in [0.2, 0.25) is 0 Å². The van der Waals surface area contributed by atoms with Crippen LogP contribution < -0.4 is 0 Å². The van der Waals surface area contributed by atoms with Crippen LogP contribution in [0.4, 0.5) is 0 Å². The van der Waals surface area contributed by atoms with Crippen molar-refractivity contribution in [1.82, 2.24) is 19.3 Å². The minimum atomic E-state index is -3.67. The van der Waals surface area contributed by atoms with Crippen LogP contribution in [0.15, 0.2) is 41.4 Å². The van der Waals surface area contributed by atoms with Crippen molar-refractivity contribution in [3.05, 3.63) is 53.6 Å². The summed E-state index contributed by atoms with van der Waals surface area (Å²) in [5.41, 5.74) is 3.63. The number of pyridine rings is 1. The van der Waals surface area contributed by atoms with Gasteiger partial charge in [0.05, 0.1) is 22.7 Å². The van der Waals surface area contributed by atoms with E-state index in [-0.39, 0.29) is 17.2 Å². The zero-order chi connectivity index (χ0) is 24.3. The molecule has 9 heteroatoms. The van der Waals surface area contributed by atoms with E-state index in [2.05, 4.69) is 28.8 Å². The highest BCUT2D eigenvalue weighted by atomic mass is 32.2. The fraction of sp³-hybridized carbons (Fsp3) is 0.520. The Morgan fingerprint density at radius 3 is 2.68 bits per heavy atom. The molecule has 1 aliphatic rings. The first-order valence-electron chi connectivity index (χ1n) is 11.8. The highest BCUT2D eigenvalue weighted by Crippen LogP contribution is 2.24. The third-order valence-electron chi connectivity index (χ3n) is 6.19. The van der Waals surface area contributed by atoms with E-state index < -0.39 is 10.0 Å². The number of aryl methyl sites for hydroxylation is 1. The number of nitrogens with one attached hydrogen (secondary N) is 1. The second kappa shape index (κ2) is 10.5. The van der Waals surface area contributed by atoms with E-state index in [0.29, 0.717) is 32.0 Å². The van der Waals surface area contributed by atoms with Crippen molar-refractivity contribution in [2.24, 2.45) is 5.92 Å². The maximum absolute atomic E-state index is 13.4. The van der Waals surface area contributed by atoms with E-state index in [9.17, 15) is 8.42 Å². The van der Waals surface area contributed by atoms with Gasteiger partial charge in [0.25, 0.3) is 0 Å². The number of benzene rings is 1. The first-order chi connectivity index (χ1) is 16.2. The Morgan fingerprint density at radius 1 is 1.24 bits per heavy atom. The summed E-state index contributed by atoms with van der Waals surface area (Å²) in [4.78, 5) is 12.5. The number of aromatic nitrogens is 3. The van der Waals surface area contributed by atoms with Gasteiger partial charge < -0.3 is 14.5 Å². The van der Waals surface area contributed by atoms with E-state index in [1.807, 2.05) is 25.1 Å². The summed E-state index contributed by atoms with van der Waals surface area (Å²) < 4.78 is 39.7. The monoisotopic (exact) mass is 486 g/mol. The molecule has 184 valence electrons. The lowest BCUT2D eigenvalue weighted by Gasteiger charge is -2.29. The van der Waals surface area contributed by atoms with Crippen molar-refractivity contribution in [3.63, 3.8) is 0 Å². The molecule has 3 aromatic rings. The van der Waals surface area contributed by atoms with Crippen LogP contribution >= 0.6 is 0 Å². The van der Waals surface area contributed by atoms with Crippen LogP contribution in [0.25, 0.3) is 11.0 Å². The highest BCUT2D eigenvalue weighted by molar-refractivity contribution is 7.89. The number of hydrogen-bond acceptors (Lipinski definition) is 6. The summed E-state index contributed by atoms with van der Waals surface area (Å²) in [6.07, 6.45) is 4.64. The van der Waals surface area contributed by atoms with Gasteiger partial charge in [-0.3, -0.25) is 4.98 Å². The third-order valence-corrected chi connectivity index (χ3v) is 8.11. The molecule has 0 saturated carbocycles. The van der Waals surface area contributed by atoms with Gasteiger partial charge in [-0.25, -0.2) is 13.4 Å². The van der Waals surface area contributed by atoms with Gasteiger partial charge in [0.15, 0.2) is 6.29 Å². The Morgan fingerprint density at radius 2 is 2.00 bits per heavy atom. The minimum absolute atomic E-state index is 0.235. The second-order valence-corrected chi connectivity index (χ2v) is 11.4. The Balaban J connectivity index is 1.48. The van der Waals surface area contributed by atoms with Crippen LogP contribution in [-0.2, 0) is 25.9 Å². The first-order valence-corrected chi connectivity index (χ1v) is 13.3. The van der Waals surface area contributed by atoms with Gasteiger partial charge in [-0.1, -0.05) is 26.0 Å². The van der Waals surface area contributed by atoms with E-state index >= 15 is 0 Å². The lowest BCUT2D eigenvalue weighted by molar-refractivity contribution is -0.120. The number of aromatic amines is 1. The summed E-state index contributed by atoms with van der Waals surface area (Å²) >= 11 is 0. The van der Waals surface area contributed by atoms with E-state index in [4.69, 9.17) is 9.47 Å². The van der Waals surface area contributed by atoms with Gasteiger partial charge in [-0.2, -0.15) is 4.31 Å². The normalized spacial score (nSPS) is 17.8. The van der Waals surface area contributed by atoms with Crippen molar-refractivity contribution >= 4 is 21.1 Å².